The van der Waals surface area contributed by atoms with Gasteiger partial charge in [0.25, 0.3) is 0 Å². The van der Waals surface area contributed by atoms with Crippen LogP contribution in [0.1, 0.15) is 34.1 Å². The van der Waals surface area contributed by atoms with Crippen LogP contribution in [0.4, 0.5) is 0 Å². The molecule has 0 aliphatic heterocycles. The van der Waals surface area contributed by atoms with E-state index in [1.165, 1.54) is 0 Å². The molecule has 0 fully saturated rings. The Morgan fingerprint density at radius 2 is 1.91 bits per heavy atom. The minimum absolute atomic E-state index is 0.0914. The van der Waals surface area contributed by atoms with Crippen molar-refractivity contribution >= 4 is 0 Å². The van der Waals surface area contributed by atoms with Crippen molar-refractivity contribution in [1.29, 1.82) is 0 Å². The summed E-state index contributed by atoms with van der Waals surface area (Å²) in [6.45, 7) is 8.78. The number of rotatable bonds is 4. The zero-order valence-corrected chi connectivity index (χ0v) is 8.09. The Morgan fingerprint density at radius 1 is 1.45 bits per heavy atom. The lowest BCUT2D eigenvalue weighted by molar-refractivity contribution is 0.0506. The van der Waals surface area contributed by atoms with E-state index >= 15 is 0 Å². The molecule has 0 aromatic heterocycles. The Morgan fingerprint density at radius 3 is 2.00 bits per heavy atom. The van der Waals surface area contributed by atoms with Crippen LogP contribution in [-0.4, -0.2) is 17.8 Å². The number of aliphatic hydroxyl groups excluding tert-OH is 1. The van der Waals surface area contributed by atoms with Gasteiger partial charge in [-0.15, -0.1) is 0 Å². The molecule has 0 saturated carbocycles. The van der Waals surface area contributed by atoms with Gasteiger partial charge in [0.1, 0.15) is 0 Å². The van der Waals surface area contributed by atoms with Crippen LogP contribution < -0.4 is 5.73 Å². The van der Waals surface area contributed by atoms with E-state index in [-0.39, 0.29) is 17.4 Å². The molecule has 2 nitrogen and oxygen atoms in total. The average Bonchev–Trinajstić information content (AvgIpc) is 2.01. The van der Waals surface area contributed by atoms with Gasteiger partial charge in [0.2, 0.25) is 0 Å². The Balaban J connectivity index is 4.24. The van der Waals surface area contributed by atoms with Crippen molar-refractivity contribution in [1.82, 2.24) is 0 Å². The summed E-state index contributed by atoms with van der Waals surface area (Å²) in [5, 5.41) is 9.36. The van der Waals surface area contributed by atoms with Crippen LogP contribution in [-0.2, 0) is 0 Å². The van der Waals surface area contributed by atoms with E-state index in [1.807, 2.05) is 6.92 Å². The molecule has 68 valence electrons. The molecule has 3 atom stereocenters. The summed E-state index contributed by atoms with van der Waals surface area (Å²) in [6.07, 6.45) is 0.763. The zero-order valence-electron chi connectivity index (χ0n) is 8.09. The van der Waals surface area contributed by atoms with Gasteiger partial charge >= 0.3 is 0 Å². The summed E-state index contributed by atoms with van der Waals surface area (Å²) < 4.78 is 0. The van der Waals surface area contributed by atoms with Crippen molar-refractivity contribution in [2.24, 2.45) is 17.1 Å². The fourth-order valence-corrected chi connectivity index (χ4v) is 1.23. The Bertz CT molecular complexity index is 108. The molecule has 0 aliphatic rings. The zero-order chi connectivity index (χ0) is 9.07. The first kappa shape index (κ1) is 10.9. The quantitative estimate of drug-likeness (QED) is 0.651. The van der Waals surface area contributed by atoms with Gasteiger partial charge in [-0.25, -0.2) is 0 Å². The SMILES string of the molecule is CCC(C)(CN)C(C)C(C)O. The molecule has 0 heterocycles. The van der Waals surface area contributed by atoms with Crippen molar-refractivity contribution in [3.8, 4) is 0 Å². The number of hydrogen-bond donors (Lipinski definition) is 2. The second kappa shape index (κ2) is 4.07. The van der Waals surface area contributed by atoms with Crippen molar-refractivity contribution in [2.45, 2.75) is 40.2 Å². The molecule has 0 aromatic carbocycles. The highest BCUT2D eigenvalue weighted by Crippen LogP contribution is 2.31. The Labute approximate surface area is 69.8 Å². The van der Waals surface area contributed by atoms with Crippen LogP contribution in [0.3, 0.4) is 0 Å². The van der Waals surface area contributed by atoms with E-state index in [0.717, 1.165) is 6.42 Å². The molecule has 3 unspecified atom stereocenters. The average molecular weight is 159 g/mol. The molecule has 0 aromatic rings. The first-order valence-corrected chi connectivity index (χ1v) is 4.36. The molecule has 0 aliphatic carbocycles. The third kappa shape index (κ3) is 2.46. The highest BCUT2D eigenvalue weighted by molar-refractivity contribution is 4.82. The monoisotopic (exact) mass is 159 g/mol. The molecule has 2 heteroatoms. The van der Waals surface area contributed by atoms with E-state index in [2.05, 4.69) is 20.8 Å². The third-order valence-corrected chi connectivity index (χ3v) is 3.10. The highest BCUT2D eigenvalue weighted by Gasteiger charge is 2.30. The fourth-order valence-electron chi connectivity index (χ4n) is 1.23. The first-order valence-electron chi connectivity index (χ1n) is 4.36. The summed E-state index contributed by atoms with van der Waals surface area (Å²) >= 11 is 0. The summed E-state index contributed by atoms with van der Waals surface area (Å²) in [6, 6.07) is 0. The van der Waals surface area contributed by atoms with E-state index in [0.29, 0.717) is 6.54 Å². The standard InChI is InChI=1S/C9H21NO/c1-5-9(4,6-10)7(2)8(3)11/h7-8,11H,5-6,10H2,1-4H3. The van der Waals surface area contributed by atoms with Crippen LogP contribution in [0.15, 0.2) is 0 Å². The first-order chi connectivity index (χ1) is 4.98. The molecular weight excluding hydrogens is 138 g/mol. The minimum Gasteiger partial charge on any atom is -0.393 e. The Hall–Kier alpha value is -0.0800. The number of nitrogens with two attached hydrogens (primary N) is 1. The summed E-state index contributed by atoms with van der Waals surface area (Å²) in [7, 11) is 0. The van der Waals surface area contributed by atoms with Crippen LogP contribution in [0, 0.1) is 11.3 Å². The lowest BCUT2D eigenvalue weighted by Crippen LogP contribution is -2.38. The highest BCUT2D eigenvalue weighted by atomic mass is 16.3. The van der Waals surface area contributed by atoms with E-state index in [9.17, 15) is 5.11 Å². The maximum atomic E-state index is 9.36. The third-order valence-electron chi connectivity index (χ3n) is 3.10. The molecule has 3 N–H and O–H groups in total. The van der Waals surface area contributed by atoms with Gasteiger partial charge < -0.3 is 10.8 Å². The molecule has 0 amide bonds. The van der Waals surface area contributed by atoms with Crippen LogP contribution in [0.5, 0.6) is 0 Å². The maximum Gasteiger partial charge on any atom is 0.0543 e. The normalized spacial score (nSPS) is 22.4. The lowest BCUT2D eigenvalue weighted by Gasteiger charge is -2.35. The predicted molar refractivity (Wildman–Crippen MR) is 48.3 cm³/mol. The van der Waals surface area contributed by atoms with E-state index < -0.39 is 0 Å². The number of hydrogen-bond acceptors (Lipinski definition) is 2. The van der Waals surface area contributed by atoms with Crippen LogP contribution >= 0.6 is 0 Å². The van der Waals surface area contributed by atoms with Crippen molar-refractivity contribution in [3.63, 3.8) is 0 Å². The van der Waals surface area contributed by atoms with Gasteiger partial charge in [-0.1, -0.05) is 20.8 Å². The second-order valence-corrected chi connectivity index (χ2v) is 3.74. The van der Waals surface area contributed by atoms with Gasteiger partial charge in [0.15, 0.2) is 0 Å². The molecular formula is C9H21NO. The smallest absolute Gasteiger partial charge is 0.0543 e. The maximum absolute atomic E-state index is 9.36. The predicted octanol–water partition coefficient (Wildman–Crippen LogP) is 1.38. The van der Waals surface area contributed by atoms with Crippen LogP contribution in [0.2, 0.25) is 0 Å². The largest absolute Gasteiger partial charge is 0.393 e. The lowest BCUT2D eigenvalue weighted by atomic mass is 9.74. The molecule has 0 radical (unpaired) electrons. The summed E-state index contributed by atoms with van der Waals surface area (Å²) in [5.74, 6) is 0.275. The van der Waals surface area contributed by atoms with Crippen molar-refractivity contribution in [3.05, 3.63) is 0 Å². The fraction of sp³-hybridized carbons (Fsp3) is 1.00. The van der Waals surface area contributed by atoms with E-state index in [1.54, 1.807) is 0 Å². The van der Waals surface area contributed by atoms with Gasteiger partial charge in [-0.2, -0.15) is 0 Å². The summed E-state index contributed by atoms with van der Waals surface area (Å²) in [4.78, 5) is 0. The van der Waals surface area contributed by atoms with Gasteiger partial charge in [-0.3, -0.25) is 0 Å². The van der Waals surface area contributed by atoms with Crippen molar-refractivity contribution < 1.29 is 5.11 Å². The van der Waals surface area contributed by atoms with Gasteiger partial charge in [0.05, 0.1) is 6.10 Å². The molecule has 0 bridgehead atoms. The molecule has 0 spiro atoms. The van der Waals surface area contributed by atoms with E-state index in [4.69, 9.17) is 5.73 Å². The van der Waals surface area contributed by atoms with Gasteiger partial charge in [-0.05, 0) is 31.2 Å². The Kier molecular flexibility index (Phi) is 4.04. The molecule has 0 rings (SSSR count). The topological polar surface area (TPSA) is 46.2 Å². The van der Waals surface area contributed by atoms with Gasteiger partial charge in [0, 0.05) is 0 Å². The second-order valence-electron chi connectivity index (χ2n) is 3.74. The van der Waals surface area contributed by atoms with Crippen LogP contribution in [0.25, 0.3) is 0 Å². The number of aliphatic hydroxyl groups is 1. The summed E-state index contributed by atoms with van der Waals surface area (Å²) in [5.41, 5.74) is 5.74. The van der Waals surface area contributed by atoms with Crippen molar-refractivity contribution in [2.75, 3.05) is 6.54 Å². The minimum atomic E-state index is -0.261. The molecule has 11 heavy (non-hydrogen) atoms. The molecule has 0 saturated heterocycles.